The van der Waals surface area contributed by atoms with Gasteiger partial charge in [-0.05, 0) is 25.1 Å². The molecule has 0 aliphatic carbocycles. The molecule has 1 aromatic carbocycles. The molecule has 1 aliphatic rings. The zero-order valence-corrected chi connectivity index (χ0v) is 20.4. The molecule has 0 unspecified atom stereocenters. The Kier molecular flexibility index (Phi) is 8.68. The number of benzene rings is 1. The Morgan fingerprint density at radius 3 is 2.56 bits per heavy atom. The van der Waals surface area contributed by atoms with Crippen LogP contribution in [0.4, 0.5) is 33.3 Å². The van der Waals surface area contributed by atoms with E-state index in [-0.39, 0.29) is 11.3 Å². The molecule has 0 radical (unpaired) electrons. The van der Waals surface area contributed by atoms with E-state index in [0.717, 1.165) is 24.1 Å². The lowest BCUT2D eigenvalue weighted by atomic mass is 10.1. The first-order chi connectivity index (χ1) is 18.2. The van der Waals surface area contributed by atoms with Gasteiger partial charge in [-0.25, -0.2) is 8.78 Å². The Morgan fingerprint density at radius 1 is 1.26 bits per heavy atom. The molecule has 11 nitrogen and oxygen atoms in total. The van der Waals surface area contributed by atoms with E-state index < -0.39 is 78.5 Å². The lowest BCUT2D eigenvalue weighted by molar-refractivity contribution is -0.275. The molecular formula is C23H23F5N6O5. The fourth-order valence-corrected chi connectivity index (χ4v) is 3.93. The summed E-state index contributed by atoms with van der Waals surface area (Å²) < 4.78 is 75.5. The summed E-state index contributed by atoms with van der Waals surface area (Å²) >= 11 is 0. The summed E-state index contributed by atoms with van der Waals surface area (Å²) in [7, 11) is 1.09. The molecule has 2 heterocycles. The summed E-state index contributed by atoms with van der Waals surface area (Å²) in [6.45, 7) is 0.451. The quantitative estimate of drug-likeness (QED) is 0.270. The highest BCUT2D eigenvalue weighted by Crippen LogP contribution is 2.31. The van der Waals surface area contributed by atoms with Crippen LogP contribution in [-0.4, -0.2) is 78.2 Å². The van der Waals surface area contributed by atoms with Crippen molar-refractivity contribution in [3.8, 4) is 5.75 Å². The van der Waals surface area contributed by atoms with E-state index in [0.29, 0.717) is 11.8 Å². The number of likely N-dealkylation sites (tertiary alicyclic amines) is 1. The molecule has 1 saturated heterocycles. The number of hydrogen-bond donors (Lipinski definition) is 4. The SMILES string of the molecule is CO[C@H]1[C@@H](C(=O)Nc2cccc(OC(F)(F)F)c2F)N(C(=O)CNc2cnc(C)cc2C(=N)C(N)=O)C[C@@H]1F. The monoisotopic (exact) mass is 558 g/mol. The molecule has 0 spiro atoms. The van der Waals surface area contributed by atoms with E-state index in [1.165, 1.54) is 12.3 Å². The van der Waals surface area contributed by atoms with Crippen molar-refractivity contribution < 1.29 is 45.8 Å². The third-order valence-electron chi connectivity index (χ3n) is 5.67. The molecule has 1 fully saturated rings. The minimum Gasteiger partial charge on any atom is -0.403 e. The molecule has 3 amide bonds. The number of nitrogens with one attached hydrogen (secondary N) is 3. The number of alkyl halides is 4. The van der Waals surface area contributed by atoms with Gasteiger partial charge < -0.3 is 30.7 Å². The second-order valence-corrected chi connectivity index (χ2v) is 8.33. The summed E-state index contributed by atoms with van der Waals surface area (Å²) in [4.78, 5) is 42.4. The number of pyridine rings is 1. The van der Waals surface area contributed by atoms with Gasteiger partial charge in [-0.15, -0.1) is 13.2 Å². The predicted octanol–water partition coefficient (Wildman–Crippen LogP) is 1.90. The molecule has 5 N–H and O–H groups in total. The maximum Gasteiger partial charge on any atom is 0.573 e. The van der Waals surface area contributed by atoms with E-state index in [1.54, 1.807) is 6.92 Å². The molecule has 0 saturated carbocycles. The van der Waals surface area contributed by atoms with Crippen LogP contribution in [0.5, 0.6) is 5.75 Å². The van der Waals surface area contributed by atoms with Crippen molar-refractivity contribution >= 4 is 34.8 Å². The van der Waals surface area contributed by atoms with Crippen LogP contribution in [0, 0.1) is 18.2 Å². The number of anilines is 2. The number of ether oxygens (including phenoxy) is 2. The number of rotatable bonds is 9. The summed E-state index contributed by atoms with van der Waals surface area (Å²) in [5, 5.41) is 12.6. The number of hydrogen-bond acceptors (Lipinski definition) is 8. The molecule has 39 heavy (non-hydrogen) atoms. The zero-order chi connectivity index (χ0) is 29.1. The molecule has 0 bridgehead atoms. The average Bonchev–Trinajstić information content (AvgIpc) is 3.20. The van der Waals surface area contributed by atoms with Gasteiger partial charge in [-0.1, -0.05) is 6.07 Å². The van der Waals surface area contributed by atoms with E-state index >= 15 is 0 Å². The molecule has 16 heteroatoms. The Bertz CT molecular complexity index is 1290. The number of amides is 3. The van der Waals surface area contributed by atoms with Crippen LogP contribution < -0.4 is 21.1 Å². The number of nitrogens with two attached hydrogens (primary N) is 1. The Hall–Kier alpha value is -4.34. The average molecular weight is 558 g/mol. The van der Waals surface area contributed by atoms with Crippen molar-refractivity contribution in [3.63, 3.8) is 0 Å². The lowest BCUT2D eigenvalue weighted by Gasteiger charge is -2.27. The van der Waals surface area contributed by atoms with E-state index in [9.17, 15) is 36.3 Å². The maximum absolute atomic E-state index is 14.7. The maximum atomic E-state index is 14.7. The van der Waals surface area contributed by atoms with Crippen molar-refractivity contribution in [2.24, 2.45) is 5.73 Å². The largest absolute Gasteiger partial charge is 0.573 e. The minimum absolute atomic E-state index is 0.0492. The van der Waals surface area contributed by atoms with Gasteiger partial charge in [-0.3, -0.25) is 24.8 Å². The Morgan fingerprint density at radius 2 is 1.95 bits per heavy atom. The topological polar surface area (TPSA) is 160 Å². The van der Waals surface area contributed by atoms with E-state index in [2.05, 4.69) is 20.4 Å². The predicted molar refractivity (Wildman–Crippen MR) is 126 cm³/mol. The van der Waals surface area contributed by atoms with Crippen LogP contribution in [0.15, 0.2) is 30.5 Å². The Balaban J connectivity index is 1.81. The van der Waals surface area contributed by atoms with Crippen LogP contribution in [-0.2, 0) is 19.1 Å². The smallest absolute Gasteiger partial charge is 0.403 e. The fourth-order valence-electron chi connectivity index (χ4n) is 3.93. The van der Waals surface area contributed by atoms with Gasteiger partial charge in [0.2, 0.25) is 11.8 Å². The van der Waals surface area contributed by atoms with Gasteiger partial charge in [0.25, 0.3) is 5.91 Å². The molecule has 1 aromatic heterocycles. The number of halogens is 5. The van der Waals surface area contributed by atoms with E-state index in [4.69, 9.17) is 15.9 Å². The van der Waals surface area contributed by atoms with E-state index in [1.807, 2.05) is 0 Å². The number of carbonyl (C=O) groups excluding carboxylic acids is 3. The minimum atomic E-state index is -5.20. The normalized spacial score (nSPS) is 18.9. The highest BCUT2D eigenvalue weighted by Gasteiger charge is 2.48. The van der Waals surface area contributed by atoms with Crippen LogP contribution in [0.3, 0.4) is 0 Å². The number of aryl methyl sites for hydroxylation is 1. The first-order valence-electron chi connectivity index (χ1n) is 11.1. The number of aromatic nitrogens is 1. The van der Waals surface area contributed by atoms with Crippen LogP contribution in [0.25, 0.3) is 0 Å². The molecule has 210 valence electrons. The number of primary amides is 1. The Labute approximate surface area is 218 Å². The molecule has 3 atom stereocenters. The number of methoxy groups -OCH3 is 1. The van der Waals surface area contributed by atoms with Gasteiger partial charge in [0.1, 0.15) is 24.0 Å². The van der Waals surface area contributed by atoms with Crippen molar-refractivity contribution in [1.82, 2.24) is 9.88 Å². The fraction of sp³-hybridized carbons (Fsp3) is 0.348. The summed E-state index contributed by atoms with van der Waals surface area (Å²) in [6, 6.07) is 2.38. The second-order valence-electron chi connectivity index (χ2n) is 8.33. The molecule has 1 aliphatic heterocycles. The van der Waals surface area contributed by atoms with Gasteiger partial charge in [0, 0.05) is 18.4 Å². The molecular weight excluding hydrogens is 535 g/mol. The lowest BCUT2D eigenvalue weighted by Crippen LogP contribution is -2.50. The highest BCUT2D eigenvalue weighted by atomic mass is 19.4. The van der Waals surface area contributed by atoms with Gasteiger partial charge >= 0.3 is 6.36 Å². The number of carbonyl (C=O) groups is 3. The standard InChI is InChI=1S/C23H23F5N6O5/c1-10-6-11(18(29)21(30)36)14(7-31-10)32-8-16(35)34-9-12(24)20(38-2)19(34)22(37)33-13-4-3-5-15(17(13)25)39-23(26,27)28/h3-7,12,19-20,29,32H,8-9H2,1-2H3,(H2,30,36)(H,33,37)/t12-,19-,20+/m0/s1. The van der Waals surface area contributed by atoms with Crippen LogP contribution >= 0.6 is 0 Å². The third-order valence-corrected chi connectivity index (χ3v) is 5.67. The summed E-state index contributed by atoms with van der Waals surface area (Å²) in [5.74, 6) is -5.75. The van der Waals surface area contributed by atoms with Gasteiger partial charge in [0.05, 0.1) is 30.7 Å². The third kappa shape index (κ3) is 6.76. The zero-order valence-electron chi connectivity index (χ0n) is 20.4. The first kappa shape index (κ1) is 29.2. The summed E-state index contributed by atoms with van der Waals surface area (Å²) in [6.07, 6.45) is -7.26. The van der Waals surface area contributed by atoms with Gasteiger partial charge in [-0.2, -0.15) is 0 Å². The molecule has 3 rings (SSSR count). The number of nitrogens with zero attached hydrogens (tertiary/aromatic N) is 2. The summed E-state index contributed by atoms with van der Waals surface area (Å²) in [5.41, 5.74) is 4.50. The molecule has 2 aromatic rings. The van der Waals surface area contributed by atoms with Crippen LogP contribution in [0.2, 0.25) is 0 Å². The van der Waals surface area contributed by atoms with Crippen molar-refractivity contribution in [2.45, 2.75) is 31.6 Å². The second kappa shape index (κ2) is 11.6. The van der Waals surface area contributed by atoms with Crippen molar-refractivity contribution in [2.75, 3.05) is 30.8 Å². The first-order valence-corrected chi connectivity index (χ1v) is 11.1. The van der Waals surface area contributed by atoms with Crippen molar-refractivity contribution in [3.05, 3.63) is 47.5 Å². The van der Waals surface area contributed by atoms with Crippen molar-refractivity contribution in [1.29, 1.82) is 5.41 Å². The highest BCUT2D eigenvalue weighted by molar-refractivity contribution is 6.44. The van der Waals surface area contributed by atoms with Gasteiger partial charge in [0.15, 0.2) is 11.6 Å². The van der Waals surface area contributed by atoms with Crippen LogP contribution in [0.1, 0.15) is 11.3 Å².